The molecule has 2 amide bonds. The highest BCUT2D eigenvalue weighted by molar-refractivity contribution is 5.94. The zero-order valence-electron chi connectivity index (χ0n) is 15.1. The topological polar surface area (TPSA) is 88.0 Å². The Kier molecular flexibility index (Phi) is 4.69. The molecule has 1 saturated heterocycles. The Bertz CT molecular complexity index is 935. The number of anilines is 3. The first-order valence-electron chi connectivity index (χ1n) is 9.01. The van der Waals surface area contributed by atoms with E-state index in [1.54, 1.807) is 17.3 Å². The number of urea groups is 1. The molecule has 138 valence electrons. The van der Waals surface area contributed by atoms with Gasteiger partial charge in [-0.05, 0) is 36.8 Å². The third-order valence-corrected chi connectivity index (χ3v) is 4.31. The average Bonchev–Trinajstić information content (AvgIpc) is 3.31. The Morgan fingerprint density at radius 2 is 2.07 bits per heavy atom. The summed E-state index contributed by atoms with van der Waals surface area (Å²) in [6.45, 7) is 4.36. The molecule has 3 heterocycles. The highest BCUT2D eigenvalue weighted by Gasteiger charge is 2.20. The number of aromatic nitrogens is 4. The maximum atomic E-state index is 11.8. The summed E-state index contributed by atoms with van der Waals surface area (Å²) in [5, 5.41) is 10.4. The van der Waals surface area contributed by atoms with Crippen LogP contribution in [0.1, 0.15) is 13.3 Å². The van der Waals surface area contributed by atoms with Gasteiger partial charge in [0.15, 0.2) is 5.82 Å². The van der Waals surface area contributed by atoms with Gasteiger partial charge in [-0.15, -0.1) is 0 Å². The second-order valence-electron chi connectivity index (χ2n) is 6.31. The monoisotopic (exact) mass is 363 g/mol. The number of carbonyl (C=O) groups is 1. The smallest absolute Gasteiger partial charge is 0.321 e. The Labute approximate surface area is 157 Å². The minimum Gasteiger partial charge on any atom is -0.338 e. The lowest BCUT2D eigenvalue weighted by Crippen LogP contribution is -2.27. The van der Waals surface area contributed by atoms with Gasteiger partial charge in [-0.3, -0.25) is 9.58 Å². The van der Waals surface area contributed by atoms with Crippen molar-refractivity contribution in [3.8, 4) is 11.4 Å². The van der Waals surface area contributed by atoms with Crippen LogP contribution in [0.4, 0.5) is 22.0 Å². The van der Waals surface area contributed by atoms with Crippen molar-refractivity contribution in [3.63, 3.8) is 0 Å². The molecule has 0 unspecified atom stereocenters. The predicted octanol–water partition coefficient (Wildman–Crippen LogP) is 3.02. The Morgan fingerprint density at radius 1 is 1.22 bits per heavy atom. The van der Waals surface area contributed by atoms with E-state index in [0.29, 0.717) is 24.7 Å². The van der Waals surface area contributed by atoms with Crippen molar-refractivity contribution in [1.82, 2.24) is 25.1 Å². The van der Waals surface area contributed by atoms with Crippen molar-refractivity contribution in [1.29, 1.82) is 0 Å². The molecular formula is C19H21N7O. The van der Waals surface area contributed by atoms with Gasteiger partial charge in [-0.25, -0.2) is 14.8 Å². The maximum Gasteiger partial charge on any atom is 0.321 e. The number of benzene rings is 1. The van der Waals surface area contributed by atoms with E-state index < -0.39 is 0 Å². The summed E-state index contributed by atoms with van der Waals surface area (Å²) >= 11 is 0. The molecule has 0 saturated carbocycles. The minimum atomic E-state index is -0.0613. The molecular weight excluding hydrogens is 342 g/mol. The van der Waals surface area contributed by atoms with E-state index in [9.17, 15) is 4.79 Å². The number of amides is 2. The number of nitrogens with one attached hydrogen (secondary N) is 2. The number of nitrogens with zero attached hydrogens (tertiary/aromatic N) is 5. The number of hydrogen-bond acceptors (Lipinski definition) is 5. The van der Waals surface area contributed by atoms with Crippen LogP contribution in [-0.2, 0) is 6.54 Å². The van der Waals surface area contributed by atoms with E-state index in [1.165, 1.54) is 0 Å². The van der Waals surface area contributed by atoms with Crippen molar-refractivity contribution in [2.45, 2.75) is 19.9 Å². The normalized spacial score (nSPS) is 13.7. The highest BCUT2D eigenvalue weighted by Crippen LogP contribution is 2.23. The van der Waals surface area contributed by atoms with Crippen LogP contribution in [0.5, 0.6) is 0 Å². The van der Waals surface area contributed by atoms with E-state index in [-0.39, 0.29) is 6.03 Å². The fourth-order valence-corrected chi connectivity index (χ4v) is 3.00. The summed E-state index contributed by atoms with van der Waals surface area (Å²) in [5.41, 5.74) is 2.65. The van der Waals surface area contributed by atoms with Crippen LogP contribution < -0.4 is 15.5 Å². The standard InChI is InChI=1S/C19H21N7O/c1-2-10-25-13-15(12-22-25)23-17-7-8-20-18(24-17)14-3-5-16(6-4-14)26-11-9-21-19(26)27/h3-8,12-13H,2,9-11H2,1H3,(H,21,27)(H,20,23,24). The van der Waals surface area contributed by atoms with Crippen LogP contribution >= 0.6 is 0 Å². The van der Waals surface area contributed by atoms with Crippen LogP contribution in [0.3, 0.4) is 0 Å². The molecule has 0 bridgehead atoms. The predicted molar refractivity (Wildman–Crippen MR) is 104 cm³/mol. The average molecular weight is 363 g/mol. The molecule has 27 heavy (non-hydrogen) atoms. The first-order chi connectivity index (χ1) is 13.2. The summed E-state index contributed by atoms with van der Waals surface area (Å²) in [7, 11) is 0. The molecule has 1 aliphatic rings. The molecule has 0 radical (unpaired) electrons. The molecule has 4 rings (SSSR count). The SMILES string of the molecule is CCCn1cc(Nc2ccnc(-c3ccc(N4CCNC4=O)cc3)n2)cn1. The molecule has 3 aromatic rings. The third-order valence-electron chi connectivity index (χ3n) is 4.31. The molecule has 2 N–H and O–H groups in total. The fraction of sp³-hybridized carbons (Fsp3) is 0.263. The number of hydrogen-bond donors (Lipinski definition) is 2. The van der Waals surface area contributed by atoms with E-state index in [1.807, 2.05) is 41.2 Å². The molecule has 0 aliphatic carbocycles. The van der Waals surface area contributed by atoms with Crippen LogP contribution in [0.2, 0.25) is 0 Å². The van der Waals surface area contributed by atoms with E-state index in [0.717, 1.165) is 29.9 Å². The Balaban J connectivity index is 1.50. The molecule has 8 nitrogen and oxygen atoms in total. The largest absolute Gasteiger partial charge is 0.338 e. The van der Waals surface area contributed by atoms with Gasteiger partial charge >= 0.3 is 6.03 Å². The zero-order valence-corrected chi connectivity index (χ0v) is 15.1. The lowest BCUT2D eigenvalue weighted by atomic mass is 10.2. The molecule has 1 fully saturated rings. The van der Waals surface area contributed by atoms with Gasteiger partial charge in [-0.1, -0.05) is 6.92 Å². The quantitative estimate of drug-likeness (QED) is 0.703. The van der Waals surface area contributed by atoms with Crippen molar-refractivity contribution in [2.24, 2.45) is 0 Å². The second-order valence-corrected chi connectivity index (χ2v) is 6.31. The van der Waals surface area contributed by atoms with Gasteiger partial charge < -0.3 is 10.6 Å². The summed E-state index contributed by atoms with van der Waals surface area (Å²) in [6, 6.07) is 9.45. The van der Waals surface area contributed by atoms with Gasteiger partial charge in [0.25, 0.3) is 0 Å². The van der Waals surface area contributed by atoms with Gasteiger partial charge in [0.1, 0.15) is 5.82 Å². The van der Waals surface area contributed by atoms with E-state index in [2.05, 4.69) is 32.6 Å². The van der Waals surface area contributed by atoms with Gasteiger partial charge in [0.2, 0.25) is 0 Å². The highest BCUT2D eigenvalue weighted by atomic mass is 16.2. The number of carbonyl (C=O) groups excluding carboxylic acids is 1. The van der Waals surface area contributed by atoms with Gasteiger partial charge in [0, 0.05) is 43.3 Å². The summed E-state index contributed by atoms with van der Waals surface area (Å²) < 4.78 is 1.90. The Hall–Kier alpha value is -3.42. The van der Waals surface area contributed by atoms with Crippen molar-refractivity contribution < 1.29 is 4.79 Å². The third kappa shape index (κ3) is 3.74. The van der Waals surface area contributed by atoms with Gasteiger partial charge in [-0.2, -0.15) is 5.10 Å². The fourth-order valence-electron chi connectivity index (χ4n) is 3.00. The van der Waals surface area contributed by atoms with Crippen LogP contribution in [-0.4, -0.2) is 38.9 Å². The summed E-state index contributed by atoms with van der Waals surface area (Å²) in [4.78, 5) is 22.4. The van der Waals surface area contributed by atoms with Gasteiger partial charge in [0.05, 0.1) is 11.9 Å². The lowest BCUT2D eigenvalue weighted by Gasteiger charge is -2.14. The van der Waals surface area contributed by atoms with Crippen LogP contribution in [0, 0.1) is 0 Å². The molecule has 0 atom stereocenters. The minimum absolute atomic E-state index is 0.0613. The van der Waals surface area contributed by atoms with E-state index in [4.69, 9.17) is 0 Å². The molecule has 0 spiro atoms. The molecule has 2 aromatic heterocycles. The summed E-state index contributed by atoms with van der Waals surface area (Å²) in [5.74, 6) is 1.33. The first-order valence-corrected chi connectivity index (χ1v) is 9.01. The van der Waals surface area contributed by atoms with Crippen LogP contribution in [0.15, 0.2) is 48.9 Å². The summed E-state index contributed by atoms with van der Waals surface area (Å²) in [6.07, 6.45) is 6.51. The van der Waals surface area contributed by atoms with E-state index >= 15 is 0 Å². The van der Waals surface area contributed by atoms with Crippen molar-refractivity contribution in [2.75, 3.05) is 23.3 Å². The number of rotatable bonds is 6. The maximum absolute atomic E-state index is 11.8. The molecule has 8 heteroatoms. The molecule has 1 aliphatic heterocycles. The van der Waals surface area contributed by atoms with Crippen LogP contribution in [0.25, 0.3) is 11.4 Å². The zero-order chi connectivity index (χ0) is 18.6. The lowest BCUT2D eigenvalue weighted by molar-refractivity contribution is 0.252. The first kappa shape index (κ1) is 17.0. The second kappa shape index (κ2) is 7.45. The molecule has 1 aromatic carbocycles. The number of aryl methyl sites for hydroxylation is 1. The Morgan fingerprint density at radius 3 is 2.81 bits per heavy atom. The van der Waals surface area contributed by atoms with Crippen molar-refractivity contribution >= 4 is 23.2 Å². The van der Waals surface area contributed by atoms with Crippen molar-refractivity contribution in [3.05, 3.63) is 48.9 Å².